The summed E-state index contributed by atoms with van der Waals surface area (Å²) in [5.74, 6) is 0. The minimum Gasteiger partial charge on any atom is -0.386 e. The molecule has 2 aromatic rings. The van der Waals surface area contributed by atoms with Crippen LogP contribution in [-0.4, -0.2) is 14.9 Å². The largest absolute Gasteiger partial charge is 0.386 e. The minimum absolute atomic E-state index is 0.399. The standard InChI is InChI=1S/C12H12Cl2N2O/c1-16-5-4-11(15-16)12(17)7-8-6-9(13)2-3-10(8)14/h2-6,12,17H,7H2,1H3. The number of nitrogens with zero attached hydrogens (tertiary/aromatic N) is 2. The van der Waals surface area contributed by atoms with Crippen molar-refractivity contribution >= 4 is 23.2 Å². The first kappa shape index (κ1) is 12.4. The highest BCUT2D eigenvalue weighted by Crippen LogP contribution is 2.25. The molecular formula is C12H12Cl2N2O. The van der Waals surface area contributed by atoms with E-state index in [2.05, 4.69) is 5.10 Å². The summed E-state index contributed by atoms with van der Waals surface area (Å²) in [6, 6.07) is 6.99. The Kier molecular flexibility index (Phi) is 3.72. The van der Waals surface area contributed by atoms with Gasteiger partial charge >= 0.3 is 0 Å². The van der Waals surface area contributed by atoms with Crippen molar-refractivity contribution in [2.75, 3.05) is 0 Å². The molecule has 1 unspecified atom stereocenters. The van der Waals surface area contributed by atoms with E-state index in [9.17, 15) is 5.11 Å². The van der Waals surface area contributed by atoms with Crippen molar-refractivity contribution in [3.63, 3.8) is 0 Å². The summed E-state index contributed by atoms with van der Waals surface area (Å²) >= 11 is 11.9. The van der Waals surface area contributed by atoms with Gasteiger partial charge in [-0.25, -0.2) is 0 Å². The van der Waals surface area contributed by atoms with E-state index >= 15 is 0 Å². The smallest absolute Gasteiger partial charge is 0.102 e. The summed E-state index contributed by atoms with van der Waals surface area (Å²) in [4.78, 5) is 0. The van der Waals surface area contributed by atoms with Gasteiger partial charge < -0.3 is 5.11 Å². The van der Waals surface area contributed by atoms with Crippen molar-refractivity contribution in [2.24, 2.45) is 7.05 Å². The molecule has 90 valence electrons. The predicted molar refractivity (Wildman–Crippen MR) is 68.3 cm³/mol. The van der Waals surface area contributed by atoms with Crippen LogP contribution in [0.4, 0.5) is 0 Å². The molecule has 0 saturated carbocycles. The Labute approximate surface area is 110 Å². The van der Waals surface area contributed by atoms with Crippen molar-refractivity contribution in [2.45, 2.75) is 12.5 Å². The van der Waals surface area contributed by atoms with Crippen molar-refractivity contribution in [3.05, 3.63) is 51.8 Å². The fourth-order valence-electron chi connectivity index (χ4n) is 1.62. The Bertz CT molecular complexity index is 525. The second-order valence-electron chi connectivity index (χ2n) is 3.87. The van der Waals surface area contributed by atoms with Crippen LogP contribution in [0.2, 0.25) is 10.0 Å². The summed E-state index contributed by atoms with van der Waals surface area (Å²) in [6.07, 6.45) is 1.52. The maximum atomic E-state index is 10.0. The Balaban J connectivity index is 2.18. The van der Waals surface area contributed by atoms with Crippen LogP contribution < -0.4 is 0 Å². The number of aromatic nitrogens is 2. The van der Waals surface area contributed by atoms with Crippen molar-refractivity contribution in [1.29, 1.82) is 0 Å². The molecule has 3 nitrogen and oxygen atoms in total. The van der Waals surface area contributed by atoms with Crippen LogP contribution in [0, 0.1) is 0 Å². The Hall–Kier alpha value is -1.03. The molecule has 5 heteroatoms. The molecule has 1 aromatic heterocycles. The first-order chi connectivity index (χ1) is 8.06. The van der Waals surface area contributed by atoms with Crippen molar-refractivity contribution in [3.8, 4) is 0 Å². The average Bonchev–Trinajstić information content (AvgIpc) is 2.70. The van der Waals surface area contributed by atoms with Gasteiger partial charge in [0.2, 0.25) is 0 Å². The summed E-state index contributed by atoms with van der Waals surface area (Å²) in [6.45, 7) is 0. The monoisotopic (exact) mass is 270 g/mol. The van der Waals surface area contributed by atoms with Crippen LogP contribution in [0.3, 0.4) is 0 Å². The van der Waals surface area contributed by atoms with Gasteiger partial charge in [-0.2, -0.15) is 5.10 Å². The summed E-state index contributed by atoms with van der Waals surface area (Å²) in [7, 11) is 1.81. The molecule has 0 aliphatic carbocycles. The van der Waals surface area contributed by atoms with E-state index in [-0.39, 0.29) is 0 Å². The highest BCUT2D eigenvalue weighted by atomic mass is 35.5. The lowest BCUT2D eigenvalue weighted by Gasteiger charge is -2.09. The Morgan fingerprint density at radius 1 is 1.35 bits per heavy atom. The molecule has 0 aliphatic rings. The fraction of sp³-hybridized carbons (Fsp3) is 0.250. The van der Waals surface area contributed by atoms with Gasteiger partial charge in [0.25, 0.3) is 0 Å². The van der Waals surface area contributed by atoms with Crippen LogP contribution >= 0.6 is 23.2 Å². The van der Waals surface area contributed by atoms with Gasteiger partial charge in [0.15, 0.2) is 0 Å². The maximum Gasteiger partial charge on any atom is 0.102 e. The van der Waals surface area contributed by atoms with Gasteiger partial charge in [0.05, 0.1) is 5.69 Å². The topological polar surface area (TPSA) is 38.0 Å². The van der Waals surface area contributed by atoms with Crippen molar-refractivity contribution in [1.82, 2.24) is 9.78 Å². The Morgan fingerprint density at radius 2 is 2.12 bits per heavy atom. The lowest BCUT2D eigenvalue weighted by Crippen LogP contribution is -2.04. The number of rotatable bonds is 3. The number of hydrogen-bond acceptors (Lipinski definition) is 2. The second-order valence-corrected chi connectivity index (χ2v) is 4.71. The Morgan fingerprint density at radius 3 is 2.76 bits per heavy atom. The summed E-state index contributed by atoms with van der Waals surface area (Å²) in [5, 5.41) is 15.4. The summed E-state index contributed by atoms with van der Waals surface area (Å²) < 4.78 is 1.65. The third-order valence-corrected chi connectivity index (χ3v) is 3.10. The van der Waals surface area contributed by atoms with Crippen LogP contribution in [0.25, 0.3) is 0 Å². The number of halogens is 2. The third-order valence-electron chi connectivity index (χ3n) is 2.50. The first-order valence-electron chi connectivity index (χ1n) is 5.18. The lowest BCUT2D eigenvalue weighted by molar-refractivity contribution is 0.173. The van der Waals surface area contributed by atoms with Gasteiger partial charge in [0.1, 0.15) is 6.10 Å². The van der Waals surface area contributed by atoms with Crippen molar-refractivity contribution < 1.29 is 5.11 Å². The molecule has 0 bridgehead atoms. The maximum absolute atomic E-state index is 10.0. The predicted octanol–water partition coefficient (Wildman–Crippen LogP) is 3.00. The van der Waals surface area contributed by atoms with E-state index in [1.54, 1.807) is 35.1 Å². The SMILES string of the molecule is Cn1ccc(C(O)Cc2cc(Cl)ccc2Cl)n1. The lowest BCUT2D eigenvalue weighted by atomic mass is 10.1. The summed E-state index contributed by atoms with van der Waals surface area (Å²) in [5.41, 5.74) is 1.45. The van der Waals surface area contributed by atoms with Crippen LogP contribution in [0.1, 0.15) is 17.4 Å². The van der Waals surface area contributed by atoms with E-state index in [1.165, 1.54) is 0 Å². The number of benzene rings is 1. The number of aliphatic hydroxyl groups is 1. The molecule has 0 fully saturated rings. The number of aryl methyl sites for hydroxylation is 1. The van der Waals surface area contributed by atoms with Crippen LogP contribution in [0.15, 0.2) is 30.5 Å². The number of hydrogen-bond donors (Lipinski definition) is 1. The molecular weight excluding hydrogens is 259 g/mol. The fourth-order valence-corrected chi connectivity index (χ4v) is 2.01. The molecule has 1 atom stereocenters. The molecule has 0 radical (unpaired) electrons. The molecule has 17 heavy (non-hydrogen) atoms. The van der Waals surface area contributed by atoms with Crippen LogP contribution in [-0.2, 0) is 13.5 Å². The average molecular weight is 271 g/mol. The molecule has 0 spiro atoms. The minimum atomic E-state index is -0.674. The zero-order valence-electron chi connectivity index (χ0n) is 9.27. The third kappa shape index (κ3) is 3.00. The van der Waals surface area contributed by atoms with Gasteiger partial charge in [-0.05, 0) is 29.8 Å². The van der Waals surface area contributed by atoms with E-state index in [1.807, 2.05) is 7.05 Å². The normalized spacial score (nSPS) is 12.7. The van der Waals surface area contributed by atoms with E-state index in [0.717, 1.165) is 5.56 Å². The van der Waals surface area contributed by atoms with E-state index in [4.69, 9.17) is 23.2 Å². The highest BCUT2D eigenvalue weighted by molar-refractivity contribution is 6.33. The molecule has 0 amide bonds. The molecule has 1 aromatic carbocycles. The van der Waals surface area contributed by atoms with Crippen LogP contribution in [0.5, 0.6) is 0 Å². The molecule has 1 N–H and O–H groups in total. The highest BCUT2D eigenvalue weighted by Gasteiger charge is 2.13. The zero-order valence-corrected chi connectivity index (χ0v) is 10.8. The van der Waals surface area contributed by atoms with Gasteiger partial charge in [-0.1, -0.05) is 23.2 Å². The molecule has 2 rings (SSSR count). The molecule has 0 aliphatic heterocycles. The van der Waals surface area contributed by atoms with Gasteiger partial charge in [0, 0.05) is 29.7 Å². The molecule has 0 saturated heterocycles. The quantitative estimate of drug-likeness (QED) is 0.931. The second kappa shape index (κ2) is 5.08. The van der Waals surface area contributed by atoms with Gasteiger partial charge in [-0.15, -0.1) is 0 Å². The zero-order chi connectivity index (χ0) is 12.4. The first-order valence-corrected chi connectivity index (χ1v) is 5.93. The van der Waals surface area contributed by atoms with E-state index in [0.29, 0.717) is 22.2 Å². The molecule has 1 heterocycles. The van der Waals surface area contributed by atoms with E-state index < -0.39 is 6.10 Å². The van der Waals surface area contributed by atoms with Gasteiger partial charge in [-0.3, -0.25) is 4.68 Å². The number of aliphatic hydroxyl groups excluding tert-OH is 1.